The third kappa shape index (κ3) is 2.46. The highest BCUT2D eigenvalue weighted by Crippen LogP contribution is 2.31. The number of nitrogens with one attached hydrogen (secondary N) is 1. The molecule has 3 N–H and O–H groups in total. The first-order valence-electron chi connectivity index (χ1n) is 5.60. The molecule has 0 unspecified atom stereocenters. The van der Waals surface area contributed by atoms with Gasteiger partial charge in [0.25, 0.3) is 0 Å². The number of rotatable bonds is 2. The zero-order valence-electron chi connectivity index (χ0n) is 9.95. The summed E-state index contributed by atoms with van der Waals surface area (Å²) in [5.74, 6) is -1.10. The van der Waals surface area contributed by atoms with Crippen molar-refractivity contribution >= 4 is 54.0 Å². The van der Waals surface area contributed by atoms with Gasteiger partial charge >= 0.3 is 0 Å². The number of benzene rings is 2. The molecule has 0 aliphatic heterocycles. The smallest absolute Gasteiger partial charge is 0.188 e. The van der Waals surface area contributed by atoms with Gasteiger partial charge in [-0.05, 0) is 40.2 Å². The molecule has 0 radical (unpaired) electrons. The van der Waals surface area contributed by atoms with Crippen molar-refractivity contribution in [2.45, 2.75) is 0 Å². The van der Waals surface area contributed by atoms with Crippen molar-refractivity contribution in [1.82, 2.24) is 4.98 Å². The van der Waals surface area contributed by atoms with E-state index >= 15 is 0 Å². The standard InChI is InChI=1S/C13H8BrF2N3S/c14-7-4-9(16)11(5-8(7)15)19-13-18-10-2-1-6(17)3-12(10)20-13/h1-5H,17H2,(H,18,19). The molecule has 0 spiro atoms. The summed E-state index contributed by atoms with van der Waals surface area (Å²) in [4.78, 5) is 4.29. The number of nitrogens with two attached hydrogens (primary N) is 1. The van der Waals surface area contributed by atoms with Crippen molar-refractivity contribution in [2.24, 2.45) is 0 Å². The lowest BCUT2D eigenvalue weighted by Gasteiger charge is -2.05. The molecular formula is C13H8BrF2N3S. The van der Waals surface area contributed by atoms with Gasteiger partial charge < -0.3 is 11.1 Å². The lowest BCUT2D eigenvalue weighted by Crippen LogP contribution is -1.94. The van der Waals surface area contributed by atoms with E-state index in [1.54, 1.807) is 18.2 Å². The van der Waals surface area contributed by atoms with Crippen LogP contribution in [0.1, 0.15) is 0 Å². The van der Waals surface area contributed by atoms with Crippen LogP contribution >= 0.6 is 27.3 Å². The first kappa shape index (κ1) is 13.3. The monoisotopic (exact) mass is 355 g/mol. The molecule has 0 aliphatic carbocycles. The fourth-order valence-corrected chi connectivity index (χ4v) is 2.97. The van der Waals surface area contributed by atoms with Crippen LogP contribution in [-0.2, 0) is 0 Å². The van der Waals surface area contributed by atoms with Crippen LogP contribution in [0.5, 0.6) is 0 Å². The summed E-state index contributed by atoms with van der Waals surface area (Å²) < 4.78 is 28.1. The van der Waals surface area contributed by atoms with Crippen LogP contribution in [0.15, 0.2) is 34.8 Å². The van der Waals surface area contributed by atoms with E-state index in [-0.39, 0.29) is 10.2 Å². The number of fused-ring (bicyclic) bond motifs is 1. The average molecular weight is 356 g/mol. The number of hydrogen-bond donors (Lipinski definition) is 2. The molecule has 1 heterocycles. The summed E-state index contributed by atoms with van der Waals surface area (Å²) in [7, 11) is 0. The molecule has 20 heavy (non-hydrogen) atoms. The second kappa shape index (κ2) is 4.99. The zero-order valence-corrected chi connectivity index (χ0v) is 12.4. The van der Waals surface area contributed by atoms with E-state index in [2.05, 4.69) is 26.2 Å². The van der Waals surface area contributed by atoms with Crippen molar-refractivity contribution in [3.05, 3.63) is 46.4 Å². The first-order chi connectivity index (χ1) is 9.52. The Hall–Kier alpha value is -1.73. The van der Waals surface area contributed by atoms with Gasteiger partial charge in [0.15, 0.2) is 5.13 Å². The normalized spacial score (nSPS) is 10.9. The van der Waals surface area contributed by atoms with E-state index in [9.17, 15) is 8.78 Å². The van der Waals surface area contributed by atoms with Crippen molar-refractivity contribution in [3.8, 4) is 0 Å². The summed E-state index contributed by atoms with van der Waals surface area (Å²) >= 11 is 4.25. The molecule has 0 amide bonds. The summed E-state index contributed by atoms with van der Waals surface area (Å²) in [5, 5.41) is 3.26. The molecular weight excluding hydrogens is 348 g/mol. The Kier molecular flexibility index (Phi) is 3.31. The molecule has 7 heteroatoms. The summed E-state index contributed by atoms with van der Waals surface area (Å²) in [5.41, 5.74) is 7.12. The van der Waals surface area contributed by atoms with E-state index in [1.807, 2.05) is 0 Å². The maximum atomic E-state index is 13.7. The predicted octanol–water partition coefficient (Wildman–Crippen LogP) is 4.66. The fourth-order valence-electron chi connectivity index (χ4n) is 1.73. The molecule has 2 aromatic carbocycles. The number of nitrogen functional groups attached to an aromatic ring is 1. The van der Waals surface area contributed by atoms with Gasteiger partial charge in [-0.2, -0.15) is 0 Å². The van der Waals surface area contributed by atoms with Crippen LogP contribution in [0.3, 0.4) is 0 Å². The van der Waals surface area contributed by atoms with Gasteiger partial charge in [0, 0.05) is 11.8 Å². The molecule has 0 atom stereocenters. The van der Waals surface area contributed by atoms with Crippen LogP contribution in [0.2, 0.25) is 0 Å². The molecule has 0 saturated carbocycles. The minimum atomic E-state index is -0.558. The van der Waals surface area contributed by atoms with Crippen LogP contribution in [0.25, 0.3) is 10.2 Å². The molecule has 0 aliphatic rings. The first-order valence-corrected chi connectivity index (χ1v) is 7.21. The third-order valence-electron chi connectivity index (χ3n) is 2.66. The average Bonchev–Trinajstić information content (AvgIpc) is 2.77. The Morgan fingerprint density at radius 1 is 1.15 bits per heavy atom. The Labute approximate surface area is 125 Å². The topological polar surface area (TPSA) is 50.9 Å². The molecule has 102 valence electrons. The number of anilines is 3. The largest absolute Gasteiger partial charge is 0.399 e. The van der Waals surface area contributed by atoms with Gasteiger partial charge in [0.1, 0.15) is 11.6 Å². The number of thiazole rings is 1. The number of halogens is 3. The van der Waals surface area contributed by atoms with E-state index < -0.39 is 11.6 Å². The maximum Gasteiger partial charge on any atom is 0.188 e. The van der Waals surface area contributed by atoms with Gasteiger partial charge in [-0.25, -0.2) is 13.8 Å². The van der Waals surface area contributed by atoms with Crippen molar-refractivity contribution in [1.29, 1.82) is 0 Å². The highest BCUT2D eigenvalue weighted by Gasteiger charge is 2.11. The zero-order chi connectivity index (χ0) is 14.3. The van der Waals surface area contributed by atoms with Crippen LogP contribution in [0.4, 0.5) is 25.3 Å². The molecule has 1 aromatic heterocycles. The Balaban J connectivity index is 1.99. The summed E-state index contributed by atoms with van der Waals surface area (Å²) in [6, 6.07) is 7.47. The lowest BCUT2D eigenvalue weighted by atomic mass is 10.3. The predicted molar refractivity (Wildman–Crippen MR) is 81.4 cm³/mol. The fraction of sp³-hybridized carbons (Fsp3) is 0. The van der Waals surface area contributed by atoms with E-state index in [0.29, 0.717) is 10.8 Å². The van der Waals surface area contributed by atoms with E-state index in [4.69, 9.17) is 5.73 Å². The van der Waals surface area contributed by atoms with Gasteiger partial charge in [-0.3, -0.25) is 0 Å². The van der Waals surface area contributed by atoms with Crippen LogP contribution < -0.4 is 11.1 Å². The minimum Gasteiger partial charge on any atom is -0.399 e. The summed E-state index contributed by atoms with van der Waals surface area (Å²) in [6.45, 7) is 0. The van der Waals surface area contributed by atoms with Gasteiger partial charge in [0.2, 0.25) is 0 Å². The number of hydrogen-bond acceptors (Lipinski definition) is 4. The lowest BCUT2D eigenvalue weighted by molar-refractivity contribution is 0.598. The molecule has 3 nitrogen and oxygen atoms in total. The van der Waals surface area contributed by atoms with Crippen LogP contribution in [0, 0.1) is 11.6 Å². The molecule has 0 saturated heterocycles. The Bertz CT molecular complexity index is 804. The van der Waals surface area contributed by atoms with Gasteiger partial charge in [-0.1, -0.05) is 11.3 Å². The second-order valence-electron chi connectivity index (χ2n) is 4.12. The maximum absolute atomic E-state index is 13.7. The van der Waals surface area contributed by atoms with Crippen LogP contribution in [-0.4, -0.2) is 4.98 Å². The molecule has 0 fully saturated rings. The number of aromatic nitrogens is 1. The molecule has 3 rings (SSSR count). The highest BCUT2D eigenvalue weighted by atomic mass is 79.9. The Morgan fingerprint density at radius 2 is 1.95 bits per heavy atom. The number of nitrogens with zero attached hydrogens (tertiary/aromatic N) is 1. The van der Waals surface area contributed by atoms with E-state index in [0.717, 1.165) is 22.3 Å². The van der Waals surface area contributed by atoms with Gasteiger partial charge in [-0.15, -0.1) is 0 Å². The Morgan fingerprint density at radius 3 is 2.75 bits per heavy atom. The van der Waals surface area contributed by atoms with E-state index in [1.165, 1.54) is 11.3 Å². The molecule has 0 bridgehead atoms. The minimum absolute atomic E-state index is 0.0396. The quantitative estimate of drug-likeness (QED) is 0.519. The highest BCUT2D eigenvalue weighted by molar-refractivity contribution is 9.10. The second-order valence-corrected chi connectivity index (χ2v) is 6.00. The summed E-state index contributed by atoms with van der Waals surface area (Å²) in [6.07, 6.45) is 0. The SMILES string of the molecule is Nc1ccc2nc(Nc3cc(F)c(Br)cc3F)sc2c1. The molecule has 3 aromatic rings. The van der Waals surface area contributed by atoms with Crippen molar-refractivity contribution < 1.29 is 8.78 Å². The van der Waals surface area contributed by atoms with Crippen molar-refractivity contribution in [3.63, 3.8) is 0 Å². The van der Waals surface area contributed by atoms with Gasteiger partial charge in [0.05, 0.1) is 20.4 Å². The third-order valence-corrected chi connectivity index (χ3v) is 4.21. The van der Waals surface area contributed by atoms with Crippen molar-refractivity contribution in [2.75, 3.05) is 11.1 Å².